The molecule has 0 saturated heterocycles. The molecule has 0 aromatic carbocycles. The standard InChI is InChI=1S/C14H26N2OS/c1-3-18-13-7-6-12(8-13)16(2)14(17)10-15-9-11-4-5-11/h11-13,15H,3-10H2,1-2H3/t12-,13+/m1/s1. The molecule has 2 fully saturated rings. The highest BCUT2D eigenvalue weighted by Crippen LogP contribution is 2.32. The zero-order chi connectivity index (χ0) is 13.0. The average Bonchev–Trinajstić information content (AvgIpc) is 3.06. The Kier molecular flexibility index (Phi) is 5.37. The molecule has 2 saturated carbocycles. The van der Waals surface area contributed by atoms with Gasteiger partial charge in [0.2, 0.25) is 5.91 Å². The number of amides is 1. The van der Waals surface area contributed by atoms with Crippen molar-refractivity contribution in [2.24, 2.45) is 5.92 Å². The maximum atomic E-state index is 12.1. The van der Waals surface area contributed by atoms with Gasteiger partial charge in [-0.3, -0.25) is 4.79 Å². The molecule has 4 heteroatoms. The van der Waals surface area contributed by atoms with Crippen LogP contribution in [0.3, 0.4) is 0 Å². The van der Waals surface area contributed by atoms with Gasteiger partial charge in [-0.2, -0.15) is 11.8 Å². The van der Waals surface area contributed by atoms with Gasteiger partial charge in [-0.05, 0) is 50.3 Å². The van der Waals surface area contributed by atoms with Crippen molar-refractivity contribution in [1.82, 2.24) is 10.2 Å². The second-order valence-electron chi connectivity index (χ2n) is 5.62. The van der Waals surface area contributed by atoms with E-state index in [1.807, 2.05) is 23.7 Å². The summed E-state index contributed by atoms with van der Waals surface area (Å²) in [4.78, 5) is 14.0. The molecular weight excluding hydrogens is 244 g/mol. The number of likely N-dealkylation sites (N-methyl/N-ethyl adjacent to an activating group) is 1. The summed E-state index contributed by atoms with van der Waals surface area (Å²) in [6, 6.07) is 0.476. The molecule has 2 rings (SSSR count). The van der Waals surface area contributed by atoms with Crippen LogP contribution in [0.25, 0.3) is 0 Å². The third-order valence-electron chi connectivity index (χ3n) is 4.11. The number of hydrogen-bond acceptors (Lipinski definition) is 3. The number of hydrogen-bond donors (Lipinski definition) is 1. The Morgan fingerprint density at radius 1 is 1.33 bits per heavy atom. The summed E-state index contributed by atoms with van der Waals surface area (Å²) < 4.78 is 0. The van der Waals surface area contributed by atoms with E-state index in [9.17, 15) is 4.79 Å². The van der Waals surface area contributed by atoms with Crippen LogP contribution in [-0.2, 0) is 4.79 Å². The van der Waals surface area contributed by atoms with Gasteiger partial charge in [-0.25, -0.2) is 0 Å². The first-order valence-electron chi connectivity index (χ1n) is 7.28. The predicted molar refractivity (Wildman–Crippen MR) is 77.9 cm³/mol. The molecule has 104 valence electrons. The highest BCUT2D eigenvalue weighted by Gasteiger charge is 2.29. The number of rotatable bonds is 7. The second kappa shape index (κ2) is 6.80. The molecule has 0 aromatic heterocycles. The molecule has 3 nitrogen and oxygen atoms in total. The summed E-state index contributed by atoms with van der Waals surface area (Å²) in [5.74, 6) is 2.31. The van der Waals surface area contributed by atoms with E-state index in [-0.39, 0.29) is 5.91 Å². The Morgan fingerprint density at radius 3 is 2.78 bits per heavy atom. The zero-order valence-corrected chi connectivity index (χ0v) is 12.5. The largest absolute Gasteiger partial charge is 0.342 e. The summed E-state index contributed by atoms with van der Waals surface area (Å²) in [7, 11) is 1.98. The van der Waals surface area contributed by atoms with Gasteiger partial charge >= 0.3 is 0 Å². The third-order valence-corrected chi connectivity index (χ3v) is 5.34. The van der Waals surface area contributed by atoms with Gasteiger partial charge in [0.15, 0.2) is 0 Å². The fourth-order valence-corrected chi connectivity index (χ4v) is 3.82. The Labute approximate surface area is 115 Å². The smallest absolute Gasteiger partial charge is 0.236 e. The summed E-state index contributed by atoms with van der Waals surface area (Å²) in [5, 5.41) is 4.06. The number of carbonyl (C=O) groups is 1. The maximum absolute atomic E-state index is 12.1. The summed E-state index contributed by atoms with van der Waals surface area (Å²) in [5.41, 5.74) is 0. The molecule has 0 unspecified atom stereocenters. The minimum Gasteiger partial charge on any atom is -0.342 e. The van der Waals surface area contributed by atoms with Gasteiger partial charge in [0.25, 0.3) is 0 Å². The molecule has 18 heavy (non-hydrogen) atoms. The van der Waals surface area contributed by atoms with Crippen molar-refractivity contribution in [3.8, 4) is 0 Å². The Hall–Kier alpha value is -0.220. The first-order valence-corrected chi connectivity index (χ1v) is 8.33. The maximum Gasteiger partial charge on any atom is 0.236 e. The molecular formula is C14H26N2OS. The lowest BCUT2D eigenvalue weighted by atomic mass is 10.2. The number of carbonyl (C=O) groups excluding carboxylic acids is 1. The minimum atomic E-state index is 0.266. The normalized spacial score (nSPS) is 27.4. The van der Waals surface area contributed by atoms with Gasteiger partial charge in [0.1, 0.15) is 0 Å². The van der Waals surface area contributed by atoms with Gasteiger partial charge in [0.05, 0.1) is 6.54 Å². The molecule has 1 N–H and O–H groups in total. The van der Waals surface area contributed by atoms with Crippen molar-refractivity contribution in [2.75, 3.05) is 25.9 Å². The Morgan fingerprint density at radius 2 is 2.11 bits per heavy atom. The van der Waals surface area contributed by atoms with E-state index < -0.39 is 0 Å². The summed E-state index contributed by atoms with van der Waals surface area (Å²) >= 11 is 2.05. The molecule has 2 aliphatic rings. The minimum absolute atomic E-state index is 0.266. The average molecular weight is 270 g/mol. The van der Waals surface area contributed by atoms with E-state index in [0.29, 0.717) is 12.6 Å². The molecule has 1 amide bonds. The van der Waals surface area contributed by atoms with E-state index in [2.05, 4.69) is 12.2 Å². The lowest BCUT2D eigenvalue weighted by Gasteiger charge is -2.25. The monoisotopic (exact) mass is 270 g/mol. The van der Waals surface area contributed by atoms with Crippen LogP contribution < -0.4 is 5.32 Å². The van der Waals surface area contributed by atoms with E-state index in [0.717, 1.165) is 17.7 Å². The van der Waals surface area contributed by atoms with Gasteiger partial charge in [0, 0.05) is 18.3 Å². The molecule has 0 aromatic rings. The van der Waals surface area contributed by atoms with Crippen molar-refractivity contribution in [3.63, 3.8) is 0 Å². The van der Waals surface area contributed by atoms with Crippen LogP contribution in [-0.4, -0.2) is 48.0 Å². The fourth-order valence-electron chi connectivity index (χ4n) is 2.69. The van der Waals surface area contributed by atoms with Gasteiger partial charge in [-0.15, -0.1) is 0 Å². The van der Waals surface area contributed by atoms with Crippen LogP contribution in [0.2, 0.25) is 0 Å². The van der Waals surface area contributed by atoms with Crippen molar-refractivity contribution < 1.29 is 4.79 Å². The van der Waals surface area contributed by atoms with E-state index >= 15 is 0 Å². The van der Waals surface area contributed by atoms with Crippen LogP contribution in [0.1, 0.15) is 39.0 Å². The topological polar surface area (TPSA) is 32.3 Å². The zero-order valence-electron chi connectivity index (χ0n) is 11.7. The Balaban J connectivity index is 1.65. The van der Waals surface area contributed by atoms with Crippen molar-refractivity contribution in [2.45, 2.75) is 50.3 Å². The van der Waals surface area contributed by atoms with Crippen LogP contribution in [0, 0.1) is 5.92 Å². The highest BCUT2D eigenvalue weighted by atomic mass is 32.2. The Bertz CT molecular complexity index is 281. The van der Waals surface area contributed by atoms with Crippen molar-refractivity contribution in [1.29, 1.82) is 0 Å². The number of nitrogens with zero attached hydrogens (tertiary/aromatic N) is 1. The van der Waals surface area contributed by atoms with Crippen molar-refractivity contribution >= 4 is 17.7 Å². The highest BCUT2D eigenvalue weighted by molar-refractivity contribution is 7.99. The SMILES string of the molecule is CCS[C@H]1CC[C@@H](N(C)C(=O)CNCC2CC2)C1. The molecule has 0 bridgehead atoms. The molecule has 0 spiro atoms. The predicted octanol–water partition coefficient (Wildman–Crippen LogP) is 2.12. The number of nitrogens with one attached hydrogen (secondary N) is 1. The van der Waals surface area contributed by atoms with Crippen LogP contribution >= 0.6 is 11.8 Å². The van der Waals surface area contributed by atoms with E-state index in [1.165, 1.54) is 37.9 Å². The molecule has 0 aliphatic heterocycles. The van der Waals surface area contributed by atoms with Crippen molar-refractivity contribution in [3.05, 3.63) is 0 Å². The second-order valence-corrected chi connectivity index (χ2v) is 7.20. The summed E-state index contributed by atoms with van der Waals surface area (Å²) in [6.45, 7) is 3.77. The van der Waals surface area contributed by atoms with Crippen LogP contribution in [0.5, 0.6) is 0 Å². The molecule has 2 aliphatic carbocycles. The fraction of sp³-hybridized carbons (Fsp3) is 0.929. The van der Waals surface area contributed by atoms with Gasteiger partial charge < -0.3 is 10.2 Å². The van der Waals surface area contributed by atoms with Crippen LogP contribution in [0.15, 0.2) is 0 Å². The first kappa shape index (κ1) is 14.2. The molecule has 2 atom stereocenters. The molecule has 0 heterocycles. The third kappa shape index (κ3) is 4.16. The van der Waals surface area contributed by atoms with Gasteiger partial charge in [-0.1, -0.05) is 6.92 Å². The lowest BCUT2D eigenvalue weighted by Crippen LogP contribution is -2.41. The van der Waals surface area contributed by atoms with E-state index in [4.69, 9.17) is 0 Å². The molecule has 0 radical (unpaired) electrons. The number of thioether (sulfide) groups is 1. The quantitative estimate of drug-likeness (QED) is 0.769. The first-order chi connectivity index (χ1) is 8.70. The van der Waals surface area contributed by atoms with Crippen LogP contribution in [0.4, 0.5) is 0 Å². The van der Waals surface area contributed by atoms with E-state index in [1.54, 1.807) is 0 Å². The summed E-state index contributed by atoms with van der Waals surface area (Å²) in [6.07, 6.45) is 6.33. The lowest BCUT2D eigenvalue weighted by molar-refractivity contribution is -0.130.